The van der Waals surface area contributed by atoms with Crippen molar-refractivity contribution in [3.63, 3.8) is 0 Å². The lowest BCUT2D eigenvalue weighted by Gasteiger charge is -2.53. The zero-order valence-electron chi connectivity index (χ0n) is 11.9. The number of likely N-dealkylation sites (tertiary alicyclic amines) is 1. The van der Waals surface area contributed by atoms with E-state index >= 15 is 0 Å². The molecule has 0 spiro atoms. The van der Waals surface area contributed by atoms with Gasteiger partial charge in [-0.15, -0.1) is 0 Å². The van der Waals surface area contributed by atoms with Crippen molar-refractivity contribution in [1.82, 2.24) is 10.2 Å². The van der Waals surface area contributed by atoms with Crippen molar-refractivity contribution in [3.05, 3.63) is 0 Å². The first kappa shape index (κ1) is 12.2. The van der Waals surface area contributed by atoms with Crippen LogP contribution < -0.4 is 5.32 Å². The van der Waals surface area contributed by atoms with Crippen LogP contribution in [0.25, 0.3) is 0 Å². The van der Waals surface area contributed by atoms with Crippen LogP contribution >= 0.6 is 0 Å². The van der Waals surface area contributed by atoms with Gasteiger partial charge in [-0.1, -0.05) is 0 Å². The highest BCUT2D eigenvalue weighted by molar-refractivity contribution is 5.76. The van der Waals surface area contributed by atoms with E-state index in [9.17, 15) is 4.79 Å². The van der Waals surface area contributed by atoms with Gasteiger partial charge in [0.2, 0.25) is 5.91 Å². The fourth-order valence-electron chi connectivity index (χ4n) is 4.78. The van der Waals surface area contributed by atoms with Gasteiger partial charge in [-0.2, -0.15) is 0 Å². The largest absolute Gasteiger partial charge is 0.342 e. The molecule has 0 aromatic heterocycles. The summed E-state index contributed by atoms with van der Waals surface area (Å²) in [6, 6.07) is 0. The maximum Gasteiger partial charge on any atom is 0.222 e. The molecule has 19 heavy (non-hydrogen) atoms. The molecule has 4 aliphatic rings. The molecule has 2 aliphatic heterocycles. The summed E-state index contributed by atoms with van der Waals surface area (Å²) in [6.45, 7) is 3.26. The normalized spacial score (nSPS) is 41.8. The quantitative estimate of drug-likeness (QED) is 0.845. The Morgan fingerprint density at radius 1 is 1.16 bits per heavy atom. The van der Waals surface area contributed by atoms with E-state index in [1.807, 2.05) is 0 Å². The van der Waals surface area contributed by atoms with Gasteiger partial charge in [-0.3, -0.25) is 4.79 Å². The minimum atomic E-state index is 0.429. The molecule has 0 aromatic rings. The molecule has 1 amide bonds. The number of piperidine rings is 1. The Morgan fingerprint density at radius 2 is 2.05 bits per heavy atom. The van der Waals surface area contributed by atoms with Gasteiger partial charge in [-0.25, -0.2) is 0 Å². The summed E-state index contributed by atoms with van der Waals surface area (Å²) in [5, 5.41) is 3.81. The van der Waals surface area contributed by atoms with E-state index in [0.29, 0.717) is 11.4 Å². The van der Waals surface area contributed by atoms with Crippen molar-refractivity contribution in [2.24, 2.45) is 17.8 Å². The van der Waals surface area contributed by atoms with Gasteiger partial charge in [0.05, 0.1) is 0 Å². The molecule has 0 aromatic carbocycles. The van der Waals surface area contributed by atoms with Crippen molar-refractivity contribution >= 4 is 5.91 Å². The zero-order valence-corrected chi connectivity index (χ0v) is 11.9. The fourth-order valence-corrected chi connectivity index (χ4v) is 4.78. The van der Waals surface area contributed by atoms with E-state index in [2.05, 4.69) is 10.2 Å². The van der Waals surface area contributed by atoms with E-state index in [4.69, 9.17) is 0 Å². The van der Waals surface area contributed by atoms with Gasteiger partial charge in [0.15, 0.2) is 0 Å². The van der Waals surface area contributed by atoms with Gasteiger partial charge in [0, 0.05) is 25.0 Å². The lowest BCUT2D eigenvalue weighted by Crippen LogP contribution is -2.61. The van der Waals surface area contributed by atoms with Crippen LogP contribution in [-0.4, -0.2) is 36.0 Å². The SMILES string of the molecule is O=C(CC1CC1)N1CCCC(C23CCC2CCN3)C1. The highest BCUT2D eigenvalue weighted by Crippen LogP contribution is 2.51. The molecule has 0 radical (unpaired) electrons. The predicted molar refractivity (Wildman–Crippen MR) is 74.7 cm³/mol. The first-order chi connectivity index (χ1) is 9.28. The number of carbonyl (C=O) groups is 1. The molecule has 2 aliphatic carbocycles. The minimum absolute atomic E-state index is 0.429. The third-order valence-corrected chi connectivity index (χ3v) is 6.24. The maximum absolute atomic E-state index is 12.3. The van der Waals surface area contributed by atoms with Crippen LogP contribution in [-0.2, 0) is 4.79 Å². The highest BCUT2D eigenvalue weighted by atomic mass is 16.2. The number of hydrogen-bond acceptors (Lipinski definition) is 2. The zero-order chi connectivity index (χ0) is 12.9. The summed E-state index contributed by atoms with van der Waals surface area (Å²) in [5.74, 6) is 2.81. The van der Waals surface area contributed by atoms with Crippen LogP contribution in [0.4, 0.5) is 0 Å². The first-order valence-electron chi connectivity index (χ1n) is 8.31. The van der Waals surface area contributed by atoms with Crippen LogP contribution in [0.5, 0.6) is 0 Å². The molecule has 1 N–H and O–H groups in total. The Labute approximate surface area is 116 Å². The molecule has 2 heterocycles. The van der Waals surface area contributed by atoms with Crippen LogP contribution in [0.15, 0.2) is 0 Å². The fraction of sp³-hybridized carbons (Fsp3) is 0.938. The smallest absolute Gasteiger partial charge is 0.222 e. The van der Waals surface area contributed by atoms with E-state index in [-0.39, 0.29) is 0 Å². The van der Waals surface area contributed by atoms with Crippen LogP contribution in [0.1, 0.15) is 51.4 Å². The molecule has 4 rings (SSSR count). The molecular formula is C16H26N2O. The molecule has 0 bridgehead atoms. The van der Waals surface area contributed by atoms with Gasteiger partial charge in [0.25, 0.3) is 0 Å². The van der Waals surface area contributed by atoms with E-state index in [1.54, 1.807) is 0 Å². The van der Waals surface area contributed by atoms with Crippen molar-refractivity contribution in [2.75, 3.05) is 19.6 Å². The summed E-state index contributed by atoms with van der Waals surface area (Å²) in [5.41, 5.74) is 0.429. The predicted octanol–water partition coefficient (Wildman–Crippen LogP) is 2.17. The highest BCUT2D eigenvalue weighted by Gasteiger charge is 2.54. The third kappa shape index (κ3) is 2.01. The Balaban J connectivity index is 1.41. The number of hydrogen-bond donors (Lipinski definition) is 1. The first-order valence-corrected chi connectivity index (χ1v) is 8.31. The summed E-state index contributed by atoms with van der Waals surface area (Å²) in [7, 11) is 0. The standard InChI is InChI=1S/C16H26N2O/c19-15(10-12-3-4-12)18-9-1-2-14(11-18)16-7-5-13(16)6-8-17-16/h12-14,17H,1-11H2. The number of rotatable bonds is 3. The molecular weight excluding hydrogens is 236 g/mol. The minimum Gasteiger partial charge on any atom is -0.342 e. The van der Waals surface area contributed by atoms with Crippen molar-refractivity contribution < 1.29 is 4.79 Å². The lowest BCUT2D eigenvalue weighted by molar-refractivity contribution is -0.134. The summed E-state index contributed by atoms with van der Waals surface area (Å²) < 4.78 is 0. The van der Waals surface area contributed by atoms with Gasteiger partial charge in [0.1, 0.15) is 0 Å². The molecule has 3 nitrogen and oxygen atoms in total. The van der Waals surface area contributed by atoms with E-state index < -0.39 is 0 Å². The Kier molecular flexibility index (Phi) is 2.87. The van der Waals surface area contributed by atoms with Crippen LogP contribution in [0, 0.1) is 17.8 Å². The Bertz CT molecular complexity index is 379. The average Bonchev–Trinajstić information content (AvgIpc) is 3.16. The number of amides is 1. The molecule has 4 fully saturated rings. The number of carbonyl (C=O) groups excluding carboxylic acids is 1. The maximum atomic E-state index is 12.3. The summed E-state index contributed by atoms with van der Waals surface area (Å²) in [6.07, 6.45) is 10.1. The lowest BCUT2D eigenvalue weighted by atomic mass is 9.59. The molecule has 3 atom stereocenters. The monoisotopic (exact) mass is 262 g/mol. The third-order valence-electron chi connectivity index (χ3n) is 6.24. The molecule has 3 unspecified atom stereocenters. The second-order valence-corrected chi connectivity index (χ2v) is 7.32. The average molecular weight is 262 g/mol. The molecule has 2 saturated carbocycles. The van der Waals surface area contributed by atoms with E-state index in [0.717, 1.165) is 37.3 Å². The molecule has 106 valence electrons. The second-order valence-electron chi connectivity index (χ2n) is 7.32. The van der Waals surface area contributed by atoms with Crippen LogP contribution in [0.3, 0.4) is 0 Å². The summed E-state index contributed by atoms with van der Waals surface area (Å²) in [4.78, 5) is 14.5. The number of nitrogens with zero attached hydrogens (tertiary/aromatic N) is 1. The van der Waals surface area contributed by atoms with Gasteiger partial charge < -0.3 is 10.2 Å². The van der Waals surface area contributed by atoms with Crippen molar-refractivity contribution in [3.8, 4) is 0 Å². The van der Waals surface area contributed by atoms with E-state index in [1.165, 1.54) is 51.5 Å². The van der Waals surface area contributed by atoms with Crippen molar-refractivity contribution in [1.29, 1.82) is 0 Å². The Morgan fingerprint density at radius 3 is 2.74 bits per heavy atom. The summed E-state index contributed by atoms with van der Waals surface area (Å²) >= 11 is 0. The molecule has 3 heteroatoms. The number of nitrogens with one attached hydrogen (secondary N) is 1. The van der Waals surface area contributed by atoms with Crippen LogP contribution in [0.2, 0.25) is 0 Å². The molecule has 2 saturated heterocycles. The topological polar surface area (TPSA) is 32.3 Å². The van der Waals surface area contributed by atoms with Gasteiger partial charge >= 0.3 is 0 Å². The number of fused-ring (bicyclic) bond motifs is 1. The van der Waals surface area contributed by atoms with Gasteiger partial charge in [-0.05, 0) is 69.2 Å². The van der Waals surface area contributed by atoms with Crippen molar-refractivity contribution in [2.45, 2.75) is 56.9 Å². The Hall–Kier alpha value is -0.570. The second kappa shape index (κ2) is 4.47.